The quantitative estimate of drug-likeness (QED) is 0.652. The van der Waals surface area contributed by atoms with Crippen LogP contribution in [0.25, 0.3) is 22.5 Å². The third-order valence-corrected chi connectivity index (χ3v) is 3.32. The molecule has 3 nitrogen and oxygen atoms in total. The highest BCUT2D eigenvalue weighted by Crippen LogP contribution is 2.27. The van der Waals surface area contributed by atoms with Crippen molar-refractivity contribution in [1.29, 1.82) is 0 Å². The minimum atomic E-state index is 0.668. The van der Waals surface area contributed by atoms with Gasteiger partial charge < -0.3 is 4.57 Å². The van der Waals surface area contributed by atoms with E-state index >= 15 is 0 Å². The van der Waals surface area contributed by atoms with Crippen LogP contribution in [0.5, 0.6) is 0 Å². The van der Waals surface area contributed by atoms with Gasteiger partial charge in [-0.1, -0.05) is 48.5 Å². The first-order valence-electron chi connectivity index (χ1n) is 6.50. The summed E-state index contributed by atoms with van der Waals surface area (Å²) in [4.78, 5) is 12.3. The molecule has 0 aliphatic heterocycles. The van der Waals surface area contributed by atoms with Gasteiger partial charge in [0.2, 0.25) is 6.20 Å². The fraction of sp³-hybridized carbons (Fsp3) is 0.0588. The normalized spacial score (nSPS) is 10.4. The maximum atomic E-state index is 12.3. The number of hydrogen-bond donors (Lipinski definition) is 0. The smallest absolute Gasteiger partial charge is 0.294 e. The van der Waals surface area contributed by atoms with Crippen LogP contribution in [0.15, 0.2) is 73.1 Å². The minimum absolute atomic E-state index is 0.668. The number of aryl methyl sites for hydroxylation is 1. The van der Waals surface area contributed by atoms with Crippen LogP contribution in [-0.2, 0) is 7.05 Å². The molecule has 0 amide bonds. The van der Waals surface area contributed by atoms with Crippen LogP contribution in [0.3, 0.4) is 0 Å². The van der Waals surface area contributed by atoms with Crippen molar-refractivity contribution >= 4 is 0 Å². The van der Waals surface area contributed by atoms with Gasteiger partial charge in [0.25, 0.3) is 5.69 Å². The largest absolute Gasteiger partial charge is 0.340 e. The topological polar surface area (TPSA) is 27.9 Å². The highest BCUT2D eigenvalue weighted by molar-refractivity contribution is 5.75. The summed E-state index contributed by atoms with van der Waals surface area (Å²) in [5, 5.41) is 0. The third kappa shape index (κ3) is 2.14. The van der Waals surface area contributed by atoms with Crippen LogP contribution >= 0.6 is 0 Å². The molecule has 0 N–H and O–H groups in total. The van der Waals surface area contributed by atoms with E-state index in [2.05, 4.69) is 0 Å². The molecule has 0 unspecified atom stereocenters. The van der Waals surface area contributed by atoms with Gasteiger partial charge in [-0.2, -0.15) is 0 Å². The van der Waals surface area contributed by atoms with Crippen LogP contribution in [0.4, 0.5) is 0 Å². The van der Waals surface area contributed by atoms with Gasteiger partial charge in [0.1, 0.15) is 5.69 Å². The number of benzene rings is 2. The van der Waals surface area contributed by atoms with E-state index in [4.69, 9.17) is 0 Å². The molecule has 0 atom stereocenters. The van der Waals surface area contributed by atoms with Gasteiger partial charge in [-0.15, -0.1) is 0 Å². The fourth-order valence-corrected chi connectivity index (χ4v) is 2.38. The summed E-state index contributed by atoms with van der Waals surface area (Å²) in [6.07, 6.45) is 3.32. The Balaban J connectivity index is 2.35. The second kappa shape index (κ2) is 5.13. The second-order valence-electron chi connectivity index (χ2n) is 4.66. The Labute approximate surface area is 117 Å². The highest BCUT2D eigenvalue weighted by Gasteiger charge is 2.21. The molecule has 0 spiro atoms. The van der Waals surface area contributed by atoms with Crippen molar-refractivity contribution in [2.75, 3.05) is 0 Å². The first-order chi connectivity index (χ1) is 9.77. The van der Waals surface area contributed by atoms with Crippen molar-refractivity contribution in [3.05, 3.63) is 78.0 Å². The standard InChI is InChI=1S/C17H15N2O/c1-18-12-13-19(20)17(15-10-6-3-7-11-15)16(18)14-8-4-2-5-9-14/h2-13H,1H3/q+1. The van der Waals surface area contributed by atoms with E-state index in [9.17, 15) is 4.91 Å². The predicted octanol–water partition coefficient (Wildman–Crippen LogP) is 3.27. The third-order valence-electron chi connectivity index (χ3n) is 3.32. The monoisotopic (exact) mass is 263 g/mol. The van der Waals surface area contributed by atoms with Crippen molar-refractivity contribution in [2.45, 2.75) is 0 Å². The Kier molecular flexibility index (Phi) is 3.17. The summed E-state index contributed by atoms with van der Waals surface area (Å²) >= 11 is 0. The first kappa shape index (κ1) is 12.4. The summed E-state index contributed by atoms with van der Waals surface area (Å²) in [6.45, 7) is 0. The highest BCUT2D eigenvalue weighted by atomic mass is 16.3. The molecule has 3 aromatic rings. The lowest BCUT2D eigenvalue weighted by Crippen LogP contribution is -2.21. The number of hydrogen-bond acceptors (Lipinski definition) is 1. The predicted molar refractivity (Wildman–Crippen MR) is 79.7 cm³/mol. The maximum Gasteiger partial charge on any atom is 0.294 e. The number of aromatic nitrogens is 2. The summed E-state index contributed by atoms with van der Waals surface area (Å²) in [6, 6.07) is 19.7. The van der Waals surface area contributed by atoms with Crippen LogP contribution in [0, 0.1) is 4.91 Å². The van der Waals surface area contributed by atoms with E-state index in [1.165, 1.54) is 6.20 Å². The van der Waals surface area contributed by atoms with Crippen LogP contribution < -0.4 is 4.43 Å². The number of rotatable bonds is 2. The molecule has 20 heavy (non-hydrogen) atoms. The molecule has 98 valence electrons. The van der Waals surface area contributed by atoms with E-state index in [-0.39, 0.29) is 0 Å². The lowest BCUT2D eigenvalue weighted by Gasteiger charge is -2.08. The SMILES string of the molecule is Cn1cc[n+](=O)c(-c2ccccc2)c1-c1ccccc1. The van der Waals surface area contributed by atoms with Crippen LogP contribution in [0.1, 0.15) is 0 Å². The van der Waals surface area contributed by atoms with E-state index in [1.807, 2.05) is 72.3 Å². The van der Waals surface area contributed by atoms with Gasteiger partial charge in [0, 0.05) is 17.5 Å². The lowest BCUT2D eigenvalue weighted by atomic mass is 10.0. The van der Waals surface area contributed by atoms with Gasteiger partial charge in [-0.3, -0.25) is 0 Å². The van der Waals surface area contributed by atoms with Crippen molar-refractivity contribution < 1.29 is 4.43 Å². The molecule has 2 aromatic carbocycles. The zero-order valence-corrected chi connectivity index (χ0v) is 11.2. The van der Waals surface area contributed by atoms with Gasteiger partial charge in [-0.25, -0.2) is 0 Å². The van der Waals surface area contributed by atoms with E-state index in [1.54, 1.807) is 6.20 Å². The fourth-order valence-electron chi connectivity index (χ4n) is 2.38. The van der Waals surface area contributed by atoms with E-state index in [0.717, 1.165) is 21.2 Å². The van der Waals surface area contributed by atoms with Crippen LogP contribution in [-0.4, -0.2) is 4.57 Å². The minimum Gasteiger partial charge on any atom is -0.340 e. The lowest BCUT2D eigenvalue weighted by molar-refractivity contribution is -0.482. The Morgan fingerprint density at radius 1 is 0.850 bits per heavy atom. The molecule has 1 heterocycles. The van der Waals surface area contributed by atoms with E-state index in [0.29, 0.717) is 5.69 Å². The Bertz CT molecular complexity index is 777. The van der Waals surface area contributed by atoms with Gasteiger partial charge in [-0.05, 0) is 12.1 Å². The molecule has 0 saturated heterocycles. The second-order valence-corrected chi connectivity index (χ2v) is 4.66. The van der Waals surface area contributed by atoms with Crippen molar-refractivity contribution in [2.24, 2.45) is 7.05 Å². The molecule has 3 heteroatoms. The maximum absolute atomic E-state index is 12.3. The van der Waals surface area contributed by atoms with Crippen molar-refractivity contribution in [3.63, 3.8) is 0 Å². The molecule has 0 bridgehead atoms. The molecular weight excluding hydrogens is 248 g/mol. The average molecular weight is 263 g/mol. The van der Waals surface area contributed by atoms with Crippen molar-refractivity contribution in [3.8, 4) is 22.5 Å². The van der Waals surface area contributed by atoms with Gasteiger partial charge in [0.15, 0.2) is 0 Å². The molecule has 0 aliphatic carbocycles. The van der Waals surface area contributed by atoms with Gasteiger partial charge in [0.05, 0.1) is 16.2 Å². The van der Waals surface area contributed by atoms with Crippen molar-refractivity contribution in [1.82, 2.24) is 4.57 Å². The molecular formula is C17H15N2O+. The Morgan fingerprint density at radius 2 is 1.40 bits per heavy atom. The Hall–Kier alpha value is -2.68. The summed E-state index contributed by atoms with van der Waals surface area (Å²) < 4.78 is 2.91. The molecule has 0 aliphatic rings. The summed E-state index contributed by atoms with van der Waals surface area (Å²) in [7, 11) is 1.95. The molecule has 3 rings (SSSR count). The number of nitrogens with zero attached hydrogens (tertiary/aromatic N) is 2. The Morgan fingerprint density at radius 3 is 2.00 bits per heavy atom. The summed E-state index contributed by atoms with van der Waals surface area (Å²) in [5.74, 6) is 0. The summed E-state index contributed by atoms with van der Waals surface area (Å²) in [5.41, 5.74) is 3.52. The van der Waals surface area contributed by atoms with E-state index < -0.39 is 0 Å². The van der Waals surface area contributed by atoms with Gasteiger partial charge >= 0.3 is 0 Å². The zero-order chi connectivity index (χ0) is 13.9. The first-order valence-corrected chi connectivity index (χ1v) is 6.50. The molecule has 0 radical (unpaired) electrons. The molecule has 0 fully saturated rings. The molecule has 0 saturated carbocycles. The zero-order valence-electron chi connectivity index (χ0n) is 11.2. The van der Waals surface area contributed by atoms with Crippen LogP contribution in [0.2, 0.25) is 0 Å². The molecule has 1 aromatic heterocycles. The average Bonchev–Trinajstić information content (AvgIpc) is 2.51.